The Kier molecular flexibility index (Phi) is 5.56. The monoisotopic (exact) mass is 386 g/mol. The summed E-state index contributed by atoms with van der Waals surface area (Å²) < 4.78 is 10.7. The van der Waals surface area contributed by atoms with Crippen molar-refractivity contribution in [1.82, 2.24) is 0 Å². The number of ether oxygens (including phenoxy) is 2. The molecule has 0 bridgehead atoms. The average Bonchev–Trinajstić information content (AvgIpc) is 2.64. The minimum Gasteiger partial charge on any atom is -0.419 e. The number of hydrogen-bond acceptors (Lipinski definition) is 4. The van der Waals surface area contributed by atoms with Crippen LogP contribution in [-0.4, -0.2) is 11.9 Å². The van der Waals surface area contributed by atoms with Gasteiger partial charge in [-0.25, -0.2) is 9.59 Å². The molecular formula is C20H12Cl2O4. The molecule has 0 heterocycles. The first kappa shape index (κ1) is 18.0. The van der Waals surface area contributed by atoms with Crippen molar-refractivity contribution in [3.63, 3.8) is 0 Å². The highest BCUT2D eigenvalue weighted by molar-refractivity contribution is 6.34. The van der Waals surface area contributed by atoms with Crippen LogP contribution in [-0.2, 0) is 0 Å². The predicted octanol–water partition coefficient (Wildman–Crippen LogP) is 5.43. The minimum absolute atomic E-state index is 0.0952. The van der Waals surface area contributed by atoms with Gasteiger partial charge in [-0.1, -0.05) is 59.6 Å². The van der Waals surface area contributed by atoms with Crippen LogP contribution in [0.25, 0.3) is 0 Å². The Morgan fingerprint density at radius 2 is 0.923 bits per heavy atom. The van der Waals surface area contributed by atoms with E-state index in [-0.39, 0.29) is 32.7 Å². The van der Waals surface area contributed by atoms with Crippen LogP contribution in [0.3, 0.4) is 0 Å². The van der Waals surface area contributed by atoms with Crippen LogP contribution in [0.5, 0.6) is 11.5 Å². The Labute approximate surface area is 159 Å². The number of para-hydroxylation sites is 2. The number of rotatable bonds is 4. The number of esters is 2. The summed E-state index contributed by atoms with van der Waals surface area (Å²) in [5, 5.41) is 0.533. The minimum atomic E-state index is -0.656. The zero-order valence-electron chi connectivity index (χ0n) is 13.3. The SMILES string of the molecule is O=C(Oc1ccccc1OC(=O)c1ccccc1Cl)c1ccccc1Cl. The summed E-state index contributed by atoms with van der Waals surface area (Å²) in [6.07, 6.45) is 0. The Morgan fingerprint density at radius 3 is 1.31 bits per heavy atom. The van der Waals surface area contributed by atoms with Gasteiger partial charge in [-0.05, 0) is 36.4 Å². The first-order chi connectivity index (χ1) is 12.6. The van der Waals surface area contributed by atoms with Crippen LogP contribution in [0, 0.1) is 0 Å². The van der Waals surface area contributed by atoms with Crippen LogP contribution in [0.2, 0.25) is 10.0 Å². The van der Waals surface area contributed by atoms with E-state index in [1.54, 1.807) is 60.7 Å². The van der Waals surface area contributed by atoms with E-state index in [9.17, 15) is 9.59 Å². The van der Waals surface area contributed by atoms with Crippen molar-refractivity contribution in [2.24, 2.45) is 0 Å². The fourth-order valence-electron chi connectivity index (χ4n) is 2.18. The molecule has 0 spiro atoms. The van der Waals surface area contributed by atoms with E-state index < -0.39 is 11.9 Å². The number of carbonyl (C=O) groups is 2. The molecule has 0 aliphatic heterocycles. The molecule has 0 aromatic heterocycles. The smallest absolute Gasteiger partial charge is 0.345 e. The quantitative estimate of drug-likeness (QED) is 0.442. The summed E-state index contributed by atoms with van der Waals surface area (Å²) in [5.74, 6) is -1.12. The van der Waals surface area contributed by atoms with Gasteiger partial charge in [-0.2, -0.15) is 0 Å². The Balaban J connectivity index is 1.83. The van der Waals surface area contributed by atoms with E-state index in [0.717, 1.165) is 0 Å². The van der Waals surface area contributed by atoms with Gasteiger partial charge in [0.2, 0.25) is 0 Å². The summed E-state index contributed by atoms with van der Waals surface area (Å²) >= 11 is 12.0. The zero-order valence-corrected chi connectivity index (χ0v) is 14.8. The number of carbonyl (C=O) groups excluding carboxylic acids is 2. The molecule has 0 N–H and O–H groups in total. The molecule has 3 rings (SSSR count). The highest BCUT2D eigenvalue weighted by atomic mass is 35.5. The molecule has 0 atom stereocenters. The van der Waals surface area contributed by atoms with Gasteiger partial charge in [0.05, 0.1) is 21.2 Å². The highest BCUT2D eigenvalue weighted by Gasteiger charge is 2.18. The lowest BCUT2D eigenvalue weighted by atomic mass is 10.2. The third kappa shape index (κ3) is 4.04. The summed E-state index contributed by atoms with van der Waals surface area (Å²) in [6.45, 7) is 0. The number of halogens is 2. The van der Waals surface area contributed by atoms with Crippen molar-refractivity contribution in [2.45, 2.75) is 0 Å². The summed E-state index contributed by atoms with van der Waals surface area (Å²) in [4.78, 5) is 24.7. The van der Waals surface area contributed by atoms with Crippen molar-refractivity contribution < 1.29 is 19.1 Å². The second kappa shape index (κ2) is 8.04. The molecule has 0 saturated heterocycles. The zero-order chi connectivity index (χ0) is 18.5. The van der Waals surface area contributed by atoms with Crippen molar-refractivity contribution in [1.29, 1.82) is 0 Å². The molecule has 130 valence electrons. The largest absolute Gasteiger partial charge is 0.419 e. The molecule has 6 heteroatoms. The molecule has 0 radical (unpaired) electrons. The van der Waals surface area contributed by atoms with E-state index in [0.29, 0.717) is 0 Å². The van der Waals surface area contributed by atoms with E-state index in [1.807, 2.05) is 0 Å². The lowest BCUT2D eigenvalue weighted by Gasteiger charge is -2.11. The van der Waals surface area contributed by atoms with Gasteiger partial charge in [0, 0.05) is 0 Å². The molecule has 0 unspecified atom stereocenters. The van der Waals surface area contributed by atoms with Gasteiger partial charge in [0.15, 0.2) is 11.5 Å². The molecule has 0 aliphatic carbocycles. The Morgan fingerprint density at radius 1 is 0.577 bits per heavy atom. The van der Waals surface area contributed by atoms with Crippen molar-refractivity contribution >= 4 is 35.1 Å². The molecular weight excluding hydrogens is 375 g/mol. The summed E-state index contributed by atoms with van der Waals surface area (Å²) in [6, 6.07) is 19.4. The normalized spacial score (nSPS) is 10.2. The third-order valence-corrected chi connectivity index (χ3v) is 4.10. The third-order valence-electron chi connectivity index (χ3n) is 3.44. The lowest BCUT2D eigenvalue weighted by Crippen LogP contribution is -2.13. The van der Waals surface area contributed by atoms with Gasteiger partial charge in [0.1, 0.15) is 0 Å². The first-order valence-electron chi connectivity index (χ1n) is 7.58. The molecule has 0 saturated carbocycles. The molecule has 0 fully saturated rings. The van der Waals surface area contributed by atoms with Crippen molar-refractivity contribution in [2.75, 3.05) is 0 Å². The maximum atomic E-state index is 12.3. The lowest BCUT2D eigenvalue weighted by molar-refractivity contribution is 0.0682. The van der Waals surface area contributed by atoms with Crippen molar-refractivity contribution in [3.05, 3.63) is 94.0 Å². The van der Waals surface area contributed by atoms with E-state index in [2.05, 4.69) is 0 Å². The van der Waals surface area contributed by atoms with Crippen LogP contribution in [0.4, 0.5) is 0 Å². The second-order valence-corrected chi connectivity index (χ2v) is 6.00. The molecule has 0 amide bonds. The standard InChI is InChI=1S/C20H12Cl2O4/c21-15-9-3-1-7-13(15)19(23)25-17-11-5-6-12-18(17)26-20(24)14-8-2-4-10-16(14)22/h1-12H. The van der Waals surface area contributed by atoms with E-state index in [4.69, 9.17) is 32.7 Å². The predicted molar refractivity (Wildman–Crippen MR) is 99.3 cm³/mol. The Hall–Kier alpha value is -2.82. The van der Waals surface area contributed by atoms with E-state index >= 15 is 0 Å². The number of benzene rings is 3. The molecule has 26 heavy (non-hydrogen) atoms. The second-order valence-electron chi connectivity index (χ2n) is 5.19. The van der Waals surface area contributed by atoms with E-state index in [1.165, 1.54) is 12.1 Å². The number of hydrogen-bond donors (Lipinski definition) is 0. The molecule has 4 nitrogen and oxygen atoms in total. The van der Waals surface area contributed by atoms with Crippen molar-refractivity contribution in [3.8, 4) is 11.5 Å². The van der Waals surface area contributed by atoms with Gasteiger partial charge in [0.25, 0.3) is 0 Å². The summed E-state index contributed by atoms with van der Waals surface area (Å²) in [5.41, 5.74) is 0.419. The topological polar surface area (TPSA) is 52.6 Å². The van der Waals surface area contributed by atoms with Crippen LogP contribution < -0.4 is 9.47 Å². The molecule has 3 aromatic rings. The van der Waals surface area contributed by atoms with Gasteiger partial charge < -0.3 is 9.47 Å². The highest BCUT2D eigenvalue weighted by Crippen LogP contribution is 2.29. The van der Waals surface area contributed by atoms with Crippen LogP contribution in [0.1, 0.15) is 20.7 Å². The van der Waals surface area contributed by atoms with Crippen LogP contribution >= 0.6 is 23.2 Å². The van der Waals surface area contributed by atoms with Gasteiger partial charge >= 0.3 is 11.9 Å². The average molecular weight is 387 g/mol. The Bertz CT molecular complexity index is 891. The van der Waals surface area contributed by atoms with Crippen LogP contribution in [0.15, 0.2) is 72.8 Å². The van der Waals surface area contributed by atoms with Gasteiger partial charge in [-0.3, -0.25) is 0 Å². The van der Waals surface area contributed by atoms with Gasteiger partial charge in [-0.15, -0.1) is 0 Å². The first-order valence-corrected chi connectivity index (χ1v) is 8.34. The molecule has 0 aliphatic rings. The molecule has 3 aromatic carbocycles. The fourth-order valence-corrected chi connectivity index (χ4v) is 2.61. The maximum absolute atomic E-state index is 12.3. The fraction of sp³-hybridized carbons (Fsp3) is 0. The summed E-state index contributed by atoms with van der Waals surface area (Å²) in [7, 11) is 0. The maximum Gasteiger partial charge on any atom is 0.345 e.